The monoisotopic (exact) mass is 258 g/mol. The first kappa shape index (κ1) is 14.6. The molecule has 1 rings (SSSR count). The summed E-state index contributed by atoms with van der Waals surface area (Å²) >= 11 is 0. The molecule has 1 fully saturated rings. The minimum Gasteiger partial charge on any atom is -0.465 e. The van der Waals surface area contributed by atoms with E-state index >= 15 is 0 Å². The predicted molar refractivity (Wildman–Crippen MR) is 66.6 cm³/mol. The molecular formula is C12H22N2O4. The Kier molecular flexibility index (Phi) is 4.81. The Balaban J connectivity index is 2.30. The maximum Gasteiger partial charge on any atom is 0.410 e. The highest BCUT2D eigenvalue weighted by molar-refractivity contribution is 5.68. The van der Waals surface area contributed by atoms with Crippen molar-refractivity contribution in [3.8, 4) is 0 Å². The van der Waals surface area contributed by atoms with E-state index in [2.05, 4.69) is 5.32 Å². The summed E-state index contributed by atoms with van der Waals surface area (Å²) in [5.41, 5.74) is -0.473. The number of carbonyl (C=O) groups excluding carboxylic acids is 1. The van der Waals surface area contributed by atoms with Crippen molar-refractivity contribution in [1.82, 2.24) is 10.2 Å². The maximum absolute atomic E-state index is 11.8. The number of rotatable bonds is 2. The van der Waals surface area contributed by atoms with Crippen molar-refractivity contribution in [2.75, 3.05) is 19.6 Å². The minimum absolute atomic E-state index is 0.285. The van der Waals surface area contributed by atoms with Gasteiger partial charge in [0, 0.05) is 19.6 Å². The summed E-state index contributed by atoms with van der Waals surface area (Å²) < 4.78 is 5.29. The Bertz CT molecular complexity index is 304. The summed E-state index contributed by atoms with van der Waals surface area (Å²) in [6.07, 6.45) is 0.329. The Labute approximate surface area is 107 Å². The predicted octanol–water partition coefficient (Wildman–Crippen LogP) is 1.90. The van der Waals surface area contributed by atoms with Crippen LogP contribution in [0.25, 0.3) is 0 Å². The van der Waals surface area contributed by atoms with E-state index in [1.54, 1.807) is 4.90 Å². The molecule has 0 radical (unpaired) electrons. The van der Waals surface area contributed by atoms with Gasteiger partial charge in [0.2, 0.25) is 0 Å². The van der Waals surface area contributed by atoms with Crippen molar-refractivity contribution in [2.45, 2.75) is 39.2 Å². The molecule has 0 atom stereocenters. The molecule has 0 aromatic rings. The van der Waals surface area contributed by atoms with Gasteiger partial charge in [-0.15, -0.1) is 0 Å². The zero-order chi connectivity index (χ0) is 13.8. The zero-order valence-electron chi connectivity index (χ0n) is 11.2. The van der Waals surface area contributed by atoms with Crippen molar-refractivity contribution in [1.29, 1.82) is 0 Å². The van der Waals surface area contributed by atoms with E-state index in [1.165, 1.54) is 0 Å². The van der Waals surface area contributed by atoms with Crippen LogP contribution in [0, 0.1) is 5.92 Å². The van der Waals surface area contributed by atoms with E-state index in [0.29, 0.717) is 25.6 Å². The molecule has 2 N–H and O–H groups in total. The number of hydrogen-bond acceptors (Lipinski definition) is 3. The minimum atomic E-state index is -0.996. The normalized spacial score (nSPS) is 17.4. The van der Waals surface area contributed by atoms with Gasteiger partial charge >= 0.3 is 12.2 Å². The third kappa shape index (κ3) is 5.25. The van der Waals surface area contributed by atoms with Crippen molar-refractivity contribution < 1.29 is 19.4 Å². The van der Waals surface area contributed by atoms with Crippen LogP contribution in [0.2, 0.25) is 0 Å². The van der Waals surface area contributed by atoms with Gasteiger partial charge in [0.25, 0.3) is 0 Å². The second-order valence-electron chi connectivity index (χ2n) is 5.60. The molecule has 0 spiro atoms. The molecule has 2 amide bonds. The summed E-state index contributed by atoms with van der Waals surface area (Å²) in [6, 6.07) is 0. The van der Waals surface area contributed by atoms with Crippen LogP contribution in [0.15, 0.2) is 0 Å². The molecule has 1 saturated heterocycles. The zero-order valence-corrected chi connectivity index (χ0v) is 11.2. The number of nitrogens with zero attached hydrogens (tertiary/aromatic N) is 1. The highest BCUT2D eigenvalue weighted by Gasteiger charge is 2.26. The van der Waals surface area contributed by atoms with E-state index in [-0.39, 0.29) is 6.09 Å². The van der Waals surface area contributed by atoms with Crippen LogP contribution < -0.4 is 5.32 Å². The number of carbonyl (C=O) groups is 2. The quantitative estimate of drug-likeness (QED) is 0.793. The number of piperidine rings is 1. The summed E-state index contributed by atoms with van der Waals surface area (Å²) in [7, 11) is 0. The van der Waals surface area contributed by atoms with Crippen molar-refractivity contribution >= 4 is 12.2 Å². The van der Waals surface area contributed by atoms with Gasteiger partial charge in [-0.3, -0.25) is 0 Å². The van der Waals surface area contributed by atoms with Crippen LogP contribution >= 0.6 is 0 Å². The first-order chi connectivity index (χ1) is 8.28. The summed E-state index contributed by atoms with van der Waals surface area (Å²) in [4.78, 5) is 23.8. The molecule has 1 heterocycles. The van der Waals surface area contributed by atoms with Gasteiger partial charge in [0.15, 0.2) is 0 Å². The van der Waals surface area contributed by atoms with Crippen LogP contribution in [-0.2, 0) is 4.74 Å². The molecule has 0 saturated carbocycles. The molecule has 6 heteroatoms. The van der Waals surface area contributed by atoms with E-state index < -0.39 is 11.7 Å². The molecule has 0 aliphatic carbocycles. The smallest absolute Gasteiger partial charge is 0.410 e. The van der Waals surface area contributed by atoms with Gasteiger partial charge in [-0.1, -0.05) is 0 Å². The molecule has 6 nitrogen and oxygen atoms in total. The SMILES string of the molecule is CC(C)(C)OC(=O)N1CCC(CNC(=O)O)CC1. The lowest BCUT2D eigenvalue weighted by atomic mass is 9.97. The Morgan fingerprint density at radius 3 is 2.33 bits per heavy atom. The highest BCUT2D eigenvalue weighted by atomic mass is 16.6. The second kappa shape index (κ2) is 5.93. The fourth-order valence-electron chi connectivity index (χ4n) is 1.88. The Morgan fingerprint density at radius 2 is 1.89 bits per heavy atom. The van der Waals surface area contributed by atoms with Crippen molar-refractivity contribution in [3.05, 3.63) is 0 Å². The molecule has 104 valence electrons. The average Bonchev–Trinajstić information content (AvgIpc) is 2.24. The first-order valence-corrected chi connectivity index (χ1v) is 6.22. The molecule has 0 bridgehead atoms. The number of amides is 2. The first-order valence-electron chi connectivity index (χ1n) is 6.22. The van der Waals surface area contributed by atoms with E-state index in [4.69, 9.17) is 9.84 Å². The van der Waals surface area contributed by atoms with E-state index in [0.717, 1.165) is 12.8 Å². The molecule has 1 aliphatic heterocycles. The standard InChI is InChI=1S/C12H22N2O4/c1-12(2,3)18-11(17)14-6-4-9(5-7-14)8-13-10(15)16/h9,13H,4-8H2,1-3H3,(H,15,16). The Hall–Kier alpha value is -1.46. The van der Waals surface area contributed by atoms with Crippen LogP contribution in [0.1, 0.15) is 33.6 Å². The summed E-state index contributed by atoms with van der Waals surface area (Å²) in [6.45, 7) is 7.23. The van der Waals surface area contributed by atoms with Crippen LogP contribution in [-0.4, -0.2) is 47.4 Å². The molecule has 0 aromatic heterocycles. The summed E-state index contributed by atoms with van der Waals surface area (Å²) in [5, 5.41) is 10.9. The molecule has 18 heavy (non-hydrogen) atoms. The second-order valence-corrected chi connectivity index (χ2v) is 5.60. The van der Waals surface area contributed by atoms with Crippen LogP contribution in [0.5, 0.6) is 0 Å². The third-order valence-corrected chi connectivity index (χ3v) is 2.81. The lowest BCUT2D eigenvalue weighted by Gasteiger charge is -2.33. The fraction of sp³-hybridized carbons (Fsp3) is 0.833. The highest BCUT2D eigenvalue weighted by Crippen LogP contribution is 2.19. The van der Waals surface area contributed by atoms with Gasteiger partial charge in [-0.2, -0.15) is 0 Å². The third-order valence-electron chi connectivity index (χ3n) is 2.81. The summed E-state index contributed by atoms with van der Waals surface area (Å²) in [5.74, 6) is 0.305. The maximum atomic E-state index is 11.8. The number of hydrogen-bond donors (Lipinski definition) is 2. The van der Waals surface area contributed by atoms with Gasteiger partial charge in [0.05, 0.1) is 0 Å². The van der Waals surface area contributed by atoms with Crippen LogP contribution in [0.3, 0.4) is 0 Å². The van der Waals surface area contributed by atoms with Gasteiger partial charge in [-0.25, -0.2) is 9.59 Å². The fourth-order valence-corrected chi connectivity index (χ4v) is 1.88. The Morgan fingerprint density at radius 1 is 1.33 bits per heavy atom. The lowest BCUT2D eigenvalue weighted by Crippen LogP contribution is -2.43. The molecular weight excluding hydrogens is 236 g/mol. The number of ether oxygens (including phenoxy) is 1. The topological polar surface area (TPSA) is 78.9 Å². The molecule has 0 unspecified atom stereocenters. The number of likely N-dealkylation sites (tertiary alicyclic amines) is 1. The van der Waals surface area contributed by atoms with E-state index in [9.17, 15) is 9.59 Å². The van der Waals surface area contributed by atoms with Crippen LogP contribution in [0.4, 0.5) is 9.59 Å². The van der Waals surface area contributed by atoms with Crippen molar-refractivity contribution in [3.63, 3.8) is 0 Å². The van der Waals surface area contributed by atoms with Gasteiger partial charge in [0.1, 0.15) is 5.60 Å². The van der Waals surface area contributed by atoms with Crippen molar-refractivity contribution in [2.24, 2.45) is 5.92 Å². The number of carboxylic acid groups (broad SMARTS) is 1. The molecule has 1 aliphatic rings. The average molecular weight is 258 g/mol. The van der Waals surface area contributed by atoms with E-state index in [1.807, 2.05) is 20.8 Å². The molecule has 0 aromatic carbocycles. The van der Waals surface area contributed by atoms with Gasteiger partial charge < -0.3 is 20.1 Å². The largest absolute Gasteiger partial charge is 0.465 e. The number of nitrogens with one attached hydrogen (secondary N) is 1. The lowest BCUT2D eigenvalue weighted by molar-refractivity contribution is 0.0184. The van der Waals surface area contributed by atoms with Gasteiger partial charge in [-0.05, 0) is 39.5 Å².